The van der Waals surface area contributed by atoms with Gasteiger partial charge >= 0.3 is 0 Å². The Kier molecular flexibility index (Phi) is 2.52. The third-order valence-electron chi connectivity index (χ3n) is 2.51. The van der Waals surface area contributed by atoms with E-state index in [1.165, 1.54) is 0 Å². The van der Waals surface area contributed by atoms with Gasteiger partial charge in [-0.25, -0.2) is 9.97 Å². The Balaban J connectivity index is 2.22. The van der Waals surface area contributed by atoms with Crippen LogP contribution in [0.25, 0.3) is 22.7 Å². The van der Waals surface area contributed by atoms with E-state index in [4.69, 9.17) is 10.2 Å². The lowest BCUT2D eigenvalue weighted by Gasteiger charge is -1.99. The van der Waals surface area contributed by atoms with Crippen LogP contribution >= 0.6 is 15.9 Å². The molecule has 3 aromatic rings. The average molecular weight is 305 g/mol. The first-order valence-electron chi connectivity index (χ1n) is 5.29. The molecular weight excluding hydrogens is 296 g/mol. The van der Waals surface area contributed by atoms with Gasteiger partial charge in [-0.3, -0.25) is 0 Å². The zero-order valence-corrected chi connectivity index (χ0v) is 11.1. The second-order valence-corrected chi connectivity index (χ2v) is 4.80. The number of nitrogens with two attached hydrogens (primary N) is 1. The Labute approximate surface area is 111 Å². The monoisotopic (exact) mass is 304 g/mol. The van der Waals surface area contributed by atoms with Crippen molar-refractivity contribution in [1.29, 1.82) is 0 Å². The fraction of sp³-hybridized carbons (Fsp3) is 0.0833. The summed E-state index contributed by atoms with van der Waals surface area (Å²) in [4.78, 5) is 12.7. The molecule has 0 unspecified atom stereocenters. The lowest BCUT2D eigenvalue weighted by atomic mass is 10.2. The van der Waals surface area contributed by atoms with E-state index in [1.54, 1.807) is 6.20 Å². The second kappa shape index (κ2) is 4.06. The molecule has 0 aliphatic rings. The molecule has 0 amide bonds. The number of halogens is 1. The zero-order chi connectivity index (χ0) is 12.7. The minimum absolute atomic E-state index is 0.376. The van der Waals surface area contributed by atoms with Crippen molar-refractivity contribution in [3.05, 3.63) is 34.6 Å². The fourth-order valence-electron chi connectivity index (χ4n) is 1.65. The molecule has 0 spiro atoms. The van der Waals surface area contributed by atoms with Gasteiger partial charge in [0.2, 0.25) is 5.89 Å². The summed E-state index contributed by atoms with van der Waals surface area (Å²) in [5.41, 5.74) is 8.57. The van der Waals surface area contributed by atoms with Crippen LogP contribution in [0.3, 0.4) is 0 Å². The quantitative estimate of drug-likeness (QED) is 0.748. The summed E-state index contributed by atoms with van der Waals surface area (Å²) in [6, 6.07) is 5.54. The summed E-state index contributed by atoms with van der Waals surface area (Å²) in [7, 11) is 0. The molecule has 3 aromatic heterocycles. The van der Waals surface area contributed by atoms with E-state index in [9.17, 15) is 0 Å². The van der Waals surface area contributed by atoms with E-state index in [0.29, 0.717) is 28.5 Å². The van der Waals surface area contributed by atoms with Crippen LogP contribution in [0.15, 0.2) is 33.3 Å². The number of rotatable bonds is 1. The van der Waals surface area contributed by atoms with Crippen molar-refractivity contribution in [3.63, 3.8) is 0 Å². The molecule has 90 valence electrons. The van der Waals surface area contributed by atoms with E-state index in [0.717, 1.165) is 10.2 Å². The average Bonchev–Trinajstić information content (AvgIpc) is 2.74. The SMILES string of the molecule is Cc1ccc2oc(-c3cc(Br)cnc3N)nc2n1. The number of nitrogens with zero attached hydrogens (tertiary/aromatic N) is 3. The van der Waals surface area contributed by atoms with Crippen LogP contribution in [0.1, 0.15) is 5.69 Å². The zero-order valence-electron chi connectivity index (χ0n) is 9.51. The first-order valence-corrected chi connectivity index (χ1v) is 6.08. The lowest BCUT2D eigenvalue weighted by molar-refractivity contribution is 0.619. The number of fused-ring (bicyclic) bond motifs is 1. The molecule has 0 aliphatic carbocycles. The standard InChI is InChI=1S/C12H9BrN4O/c1-6-2-3-9-11(16-6)17-12(18-9)8-4-7(13)5-15-10(8)14/h2-5H,1H3,(H2,14,15). The molecule has 3 rings (SSSR count). The maximum atomic E-state index is 5.82. The molecule has 0 fully saturated rings. The summed E-state index contributed by atoms with van der Waals surface area (Å²) >= 11 is 3.35. The van der Waals surface area contributed by atoms with E-state index in [2.05, 4.69) is 30.9 Å². The van der Waals surface area contributed by atoms with Gasteiger partial charge in [0, 0.05) is 16.4 Å². The molecule has 0 saturated heterocycles. The largest absolute Gasteiger partial charge is 0.434 e. The van der Waals surface area contributed by atoms with E-state index >= 15 is 0 Å². The van der Waals surface area contributed by atoms with Crippen LogP contribution in [0.2, 0.25) is 0 Å². The lowest BCUT2D eigenvalue weighted by Crippen LogP contribution is -1.93. The fourth-order valence-corrected chi connectivity index (χ4v) is 1.98. The van der Waals surface area contributed by atoms with Crippen LogP contribution in [-0.4, -0.2) is 15.0 Å². The van der Waals surface area contributed by atoms with Gasteiger partial charge in [-0.05, 0) is 41.1 Å². The van der Waals surface area contributed by atoms with Gasteiger partial charge in [-0.15, -0.1) is 0 Å². The summed E-state index contributed by atoms with van der Waals surface area (Å²) < 4.78 is 6.45. The Morgan fingerprint density at radius 3 is 2.94 bits per heavy atom. The van der Waals surface area contributed by atoms with Crippen molar-refractivity contribution >= 4 is 33.0 Å². The molecule has 2 N–H and O–H groups in total. The van der Waals surface area contributed by atoms with Crippen molar-refractivity contribution < 1.29 is 4.42 Å². The maximum Gasteiger partial charge on any atom is 0.232 e. The normalized spacial score (nSPS) is 11.0. The van der Waals surface area contributed by atoms with Gasteiger partial charge in [0.15, 0.2) is 11.2 Å². The number of aromatic nitrogens is 3. The summed E-state index contributed by atoms with van der Waals surface area (Å²) in [6.07, 6.45) is 1.63. The highest BCUT2D eigenvalue weighted by atomic mass is 79.9. The number of anilines is 1. The molecule has 0 aromatic carbocycles. The second-order valence-electron chi connectivity index (χ2n) is 3.88. The van der Waals surface area contributed by atoms with Gasteiger partial charge in [-0.2, -0.15) is 4.98 Å². The number of aryl methyl sites for hydroxylation is 1. The third kappa shape index (κ3) is 1.84. The minimum atomic E-state index is 0.376. The molecule has 0 radical (unpaired) electrons. The number of hydrogen-bond donors (Lipinski definition) is 1. The molecule has 0 aliphatic heterocycles. The number of nitrogen functional groups attached to an aromatic ring is 1. The van der Waals surface area contributed by atoms with Crippen LogP contribution in [-0.2, 0) is 0 Å². The van der Waals surface area contributed by atoms with Crippen molar-refractivity contribution in [2.75, 3.05) is 5.73 Å². The molecule has 0 atom stereocenters. The molecule has 6 heteroatoms. The van der Waals surface area contributed by atoms with Crippen molar-refractivity contribution in [1.82, 2.24) is 15.0 Å². The van der Waals surface area contributed by atoms with Crippen LogP contribution in [0.5, 0.6) is 0 Å². The predicted molar refractivity (Wildman–Crippen MR) is 71.9 cm³/mol. The van der Waals surface area contributed by atoms with E-state index in [-0.39, 0.29) is 0 Å². The Morgan fingerprint density at radius 2 is 2.11 bits per heavy atom. The summed E-state index contributed by atoms with van der Waals surface area (Å²) in [6.45, 7) is 1.91. The molecule has 0 saturated carbocycles. The smallest absolute Gasteiger partial charge is 0.232 e. The third-order valence-corrected chi connectivity index (χ3v) is 2.94. The number of oxazole rings is 1. The number of pyridine rings is 2. The van der Waals surface area contributed by atoms with Gasteiger partial charge < -0.3 is 10.2 Å². The first-order chi connectivity index (χ1) is 8.63. The van der Waals surface area contributed by atoms with E-state index < -0.39 is 0 Å². The Hall–Kier alpha value is -1.95. The summed E-state index contributed by atoms with van der Waals surface area (Å²) in [5.74, 6) is 0.802. The molecule has 18 heavy (non-hydrogen) atoms. The maximum absolute atomic E-state index is 5.82. The van der Waals surface area contributed by atoms with Crippen LogP contribution in [0.4, 0.5) is 5.82 Å². The first kappa shape index (κ1) is 11.2. The van der Waals surface area contributed by atoms with Crippen LogP contribution < -0.4 is 5.73 Å². The number of hydrogen-bond acceptors (Lipinski definition) is 5. The van der Waals surface area contributed by atoms with Gasteiger partial charge in [-0.1, -0.05) is 0 Å². The highest BCUT2D eigenvalue weighted by Crippen LogP contribution is 2.28. The van der Waals surface area contributed by atoms with Crippen LogP contribution in [0, 0.1) is 6.92 Å². The molecular formula is C12H9BrN4O. The highest BCUT2D eigenvalue weighted by Gasteiger charge is 2.13. The molecule has 0 bridgehead atoms. The van der Waals surface area contributed by atoms with Crippen molar-refractivity contribution in [3.8, 4) is 11.5 Å². The van der Waals surface area contributed by atoms with Crippen molar-refractivity contribution in [2.24, 2.45) is 0 Å². The topological polar surface area (TPSA) is 77.8 Å². The Morgan fingerprint density at radius 1 is 1.28 bits per heavy atom. The van der Waals surface area contributed by atoms with Crippen molar-refractivity contribution in [2.45, 2.75) is 6.92 Å². The summed E-state index contributed by atoms with van der Waals surface area (Å²) in [5, 5.41) is 0. The molecule has 3 heterocycles. The molecule has 5 nitrogen and oxygen atoms in total. The van der Waals surface area contributed by atoms with Gasteiger partial charge in [0.1, 0.15) is 5.82 Å². The predicted octanol–water partition coefficient (Wildman–Crippen LogP) is 2.94. The Bertz CT molecular complexity index is 738. The van der Waals surface area contributed by atoms with E-state index in [1.807, 2.05) is 25.1 Å². The highest BCUT2D eigenvalue weighted by molar-refractivity contribution is 9.10. The van der Waals surface area contributed by atoms with Gasteiger partial charge in [0.25, 0.3) is 0 Å². The van der Waals surface area contributed by atoms with Gasteiger partial charge in [0.05, 0.1) is 5.56 Å². The minimum Gasteiger partial charge on any atom is -0.434 e.